The summed E-state index contributed by atoms with van der Waals surface area (Å²) >= 11 is 1.33. The summed E-state index contributed by atoms with van der Waals surface area (Å²) in [5.74, 6) is 0.764. The summed E-state index contributed by atoms with van der Waals surface area (Å²) in [6.45, 7) is 0. The molecule has 2 N–H and O–H groups in total. The molecule has 0 radical (unpaired) electrons. The van der Waals surface area contributed by atoms with Crippen LogP contribution in [0.1, 0.15) is 0 Å². The maximum Gasteiger partial charge on any atom is 0.280 e. The zero-order valence-corrected chi connectivity index (χ0v) is 9.99. The first-order valence-corrected chi connectivity index (χ1v) is 5.63. The molecule has 1 aromatic heterocycles. The van der Waals surface area contributed by atoms with Gasteiger partial charge in [0.2, 0.25) is 0 Å². The summed E-state index contributed by atoms with van der Waals surface area (Å²) in [4.78, 5) is 6.06. The number of hydrogen-bond donors (Lipinski definition) is 1. The molecule has 1 heterocycles. The van der Waals surface area contributed by atoms with Crippen LogP contribution < -0.4 is 15.4 Å². The summed E-state index contributed by atoms with van der Waals surface area (Å²) in [6, 6.07) is 7.81. The lowest BCUT2D eigenvalue weighted by Crippen LogP contribution is -2.08. The Morgan fingerprint density at radius 3 is 2.81 bits per heavy atom. The molecule has 0 aliphatic carbocycles. The van der Waals surface area contributed by atoms with Crippen LogP contribution in [-0.4, -0.2) is 19.1 Å². The fourth-order valence-electron chi connectivity index (χ4n) is 1.24. The van der Waals surface area contributed by atoms with Gasteiger partial charge in [-0.15, -0.1) is 0 Å². The largest absolute Gasteiger partial charge is 0.431 e. The van der Waals surface area contributed by atoms with Gasteiger partial charge in [0, 0.05) is 25.8 Å². The predicted octanol–water partition coefficient (Wildman–Crippen LogP) is 2.58. The molecule has 0 amide bonds. The number of thiazole rings is 1. The predicted molar refractivity (Wildman–Crippen MR) is 67.4 cm³/mol. The van der Waals surface area contributed by atoms with E-state index in [-0.39, 0.29) is 0 Å². The normalized spacial score (nSPS) is 10.1. The Kier molecular flexibility index (Phi) is 2.96. The minimum absolute atomic E-state index is 0.563. The maximum absolute atomic E-state index is 5.59. The van der Waals surface area contributed by atoms with Crippen LogP contribution >= 0.6 is 11.3 Å². The van der Waals surface area contributed by atoms with Crippen LogP contribution in [0.25, 0.3) is 0 Å². The van der Waals surface area contributed by atoms with Crippen LogP contribution in [0.3, 0.4) is 0 Å². The molecular weight excluding hydrogens is 222 g/mol. The molecule has 0 saturated heterocycles. The molecule has 16 heavy (non-hydrogen) atoms. The van der Waals surface area contributed by atoms with E-state index in [1.165, 1.54) is 11.3 Å². The van der Waals surface area contributed by atoms with Gasteiger partial charge in [-0.25, -0.2) is 4.98 Å². The van der Waals surface area contributed by atoms with Gasteiger partial charge in [0.25, 0.3) is 5.19 Å². The lowest BCUT2D eigenvalue weighted by atomic mass is 10.3. The first-order chi connectivity index (χ1) is 7.65. The second-order valence-electron chi connectivity index (χ2n) is 3.52. The lowest BCUT2D eigenvalue weighted by Gasteiger charge is -2.13. The van der Waals surface area contributed by atoms with Crippen molar-refractivity contribution in [3.05, 3.63) is 30.5 Å². The Hall–Kier alpha value is -1.75. The highest BCUT2D eigenvalue weighted by atomic mass is 32.1. The molecule has 2 aromatic rings. The van der Waals surface area contributed by atoms with Crippen molar-refractivity contribution >= 4 is 22.0 Å². The minimum atomic E-state index is 0.563. The highest BCUT2D eigenvalue weighted by Gasteiger charge is 2.03. The Labute approximate surface area is 98.3 Å². The number of hydrogen-bond acceptors (Lipinski definition) is 5. The zero-order valence-electron chi connectivity index (χ0n) is 9.18. The van der Waals surface area contributed by atoms with Crippen molar-refractivity contribution in [3.63, 3.8) is 0 Å². The van der Waals surface area contributed by atoms with Gasteiger partial charge in [-0.1, -0.05) is 17.4 Å². The average Bonchev–Trinajstić information content (AvgIpc) is 2.64. The number of ether oxygens (including phenoxy) is 1. The van der Waals surface area contributed by atoms with Crippen LogP contribution in [0.5, 0.6) is 10.9 Å². The second-order valence-corrected chi connectivity index (χ2v) is 4.55. The van der Waals surface area contributed by atoms with E-state index in [0.717, 1.165) is 11.4 Å². The summed E-state index contributed by atoms with van der Waals surface area (Å²) in [5, 5.41) is 1.21. The van der Waals surface area contributed by atoms with Gasteiger partial charge < -0.3 is 15.4 Å². The van der Waals surface area contributed by atoms with E-state index in [9.17, 15) is 0 Å². The Bertz CT molecular complexity index is 482. The van der Waals surface area contributed by atoms with E-state index in [4.69, 9.17) is 10.5 Å². The van der Waals surface area contributed by atoms with Crippen molar-refractivity contribution in [2.75, 3.05) is 24.7 Å². The van der Waals surface area contributed by atoms with Gasteiger partial charge in [0.1, 0.15) is 10.8 Å². The van der Waals surface area contributed by atoms with E-state index in [1.54, 1.807) is 6.20 Å². The number of aromatic nitrogens is 1. The molecule has 1 aromatic carbocycles. The molecule has 0 aliphatic heterocycles. The molecule has 2 rings (SSSR count). The van der Waals surface area contributed by atoms with Crippen molar-refractivity contribution in [2.45, 2.75) is 0 Å². The Morgan fingerprint density at radius 1 is 1.38 bits per heavy atom. The monoisotopic (exact) mass is 235 g/mol. The van der Waals surface area contributed by atoms with E-state index >= 15 is 0 Å². The molecule has 0 atom stereocenters. The summed E-state index contributed by atoms with van der Waals surface area (Å²) in [7, 11) is 3.97. The Morgan fingerprint density at radius 2 is 2.19 bits per heavy atom. The maximum atomic E-state index is 5.59. The molecule has 0 saturated carbocycles. The van der Waals surface area contributed by atoms with Gasteiger partial charge in [-0.3, -0.25) is 0 Å². The van der Waals surface area contributed by atoms with Gasteiger partial charge >= 0.3 is 0 Å². The number of anilines is 2. The van der Waals surface area contributed by atoms with Crippen LogP contribution in [-0.2, 0) is 0 Å². The van der Waals surface area contributed by atoms with Crippen molar-refractivity contribution in [1.29, 1.82) is 0 Å². The topological polar surface area (TPSA) is 51.4 Å². The molecule has 0 unspecified atom stereocenters. The molecule has 0 spiro atoms. The summed E-state index contributed by atoms with van der Waals surface area (Å²) < 4.78 is 5.59. The van der Waals surface area contributed by atoms with E-state index in [2.05, 4.69) is 4.98 Å². The van der Waals surface area contributed by atoms with Gasteiger partial charge in [-0.05, 0) is 12.1 Å². The molecule has 84 valence electrons. The first-order valence-electron chi connectivity index (χ1n) is 4.82. The van der Waals surface area contributed by atoms with Gasteiger partial charge in [0.15, 0.2) is 0 Å². The SMILES string of the molecule is CN(C)c1cccc(Oc2ncc(N)s2)c1. The fraction of sp³-hybridized carbons (Fsp3) is 0.182. The third-order valence-corrected chi connectivity index (χ3v) is 2.75. The van der Waals surface area contributed by atoms with Crippen LogP contribution in [0.2, 0.25) is 0 Å². The van der Waals surface area contributed by atoms with E-state index < -0.39 is 0 Å². The fourth-order valence-corrected chi connectivity index (χ4v) is 1.79. The number of nitrogen functional groups attached to an aromatic ring is 1. The molecule has 4 nitrogen and oxygen atoms in total. The smallest absolute Gasteiger partial charge is 0.280 e. The number of nitrogens with two attached hydrogens (primary N) is 1. The molecular formula is C11H13N3OS. The van der Waals surface area contributed by atoms with Crippen LogP contribution in [0.15, 0.2) is 30.5 Å². The third-order valence-electron chi connectivity index (χ3n) is 2.04. The third kappa shape index (κ3) is 2.43. The molecule has 0 aliphatic rings. The lowest BCUT2D eigenvalue weighted by molar-refractivity contribution is 0.479. The van der Waals surface area contributed by atoms with Crippen molar-refractivity contribution in [2.24, 2.45) is 0 Å². The van der Waals surface area contributed by atoms with E-state index in [0.29, 0.717) is 10.2 Å². The zero-order chi connectivity index (χ0) is 11.5. The quantitative estimate of drug-likeness (QED) is 0.888. The molecule has 5 heteroatoms. The summed E-state index contributed by atoms with van der Waals surface area (Å²) in [5.41, 5.74) is 6.66. The molecule has 0 bridgehead atoms. The summed E-state index contributed by atoms with van der Waals surface area (Å²) in [6.07, 6.45) is 1.59. The van der Waals surface area contributed by atoms with E-state index in [1.807, 2.05) is 43.3 Å². The second kappa shape index (κ2) is 4.40. The van der Waals surface area contributed by atoms with Crippen molar-refractivity contribution < 1.29 is 4.74 Å². The minimum Gasteiger partial charge on any atom is -0.431 e. The van der Waals surface area contributed by atoms with Gasteiger partial charge in [-0.2, -0.15) is 0 Å². The number of rotatable bonds is 3. The number of nitrogens with zero attached hydrogens (tertiary/aromatic N) is 2. The number of benzene rings is 1. The Balaban J connectivity index is 2.18. The standard InChI is InChI=1S/C11H13N3OS/c1-14(2)8-4-3-5-9(6-8)15-11-13-7-10(12)16-11/h3-7H,12H2,1-2H3. The first kappa shape index (κ1) is 10.8. The average molecular weight is 235 g/mol. The van der Waals surface area contributed by atoms with Gasteiger partial charge in [0.05, 0.1) is 6.20 Å². The van der Waals surface area contributed by atoms with Crippen molar-refractivity contribution in [3.8, 4) is 10.9 Å². The highest BCUT2D eigenvalue weighted by molar-refractivity contribution is 7.17. The van der Waals surface area contributed by atoms with Crippen LogP contribution in [0.4, 0.5) is 10.7 Å². The van der Waals surface area contributed by atoms with Crippen LogP contribution in [0, 0.1) is 0 Å². The van der Waals surface area contributed by atoms with Crippen molar-refractivity contribution in [1.82, 2.24) is 4.98 Å². The molecule has 0 fully saturated rings. The highest BCUT2D eigenvalue weighted by Crippen LogP contribution is 2.29.